The van der Waals surface area contributed by atoms with Crippen molar-refractivity contribution >= 4 is 5.91 Å². The minimum Gasteiger partial charge on any atom is -0.493 e. The lowest BCUT2D eigenvalue weighted by atomic mass is 10.2. The summed E-state index contributed by atoms with van der Waals surface area (Å²) in [6, 6.07) is 17.4. The van der Waals surface area contributed by atoms with Crippen LogP contribution in [-0.4, -0.2) is 47.9 Å². The van der Waals surface area contributed by atoms with Crippen LogP contribution in [0.1, 0.15) is 16.1 Å². The first-order chi connectivity index (χ1) is 13.1. The molecule has 0 spiro atoms. The monoisotopic (exact) mass is 365 g/mol. The van der Waals surface area contributed by atoms with Gasteiger partial charge in [0.2, 0.25) is 0 Å². The van der Waals surface area contributed by atoms with Crippen LogP contribution < -0.4 is 9.47 Å². The van der Waals surface area contributed by atoms with Crippen LogP contribution in [0.5, 0.6) is 11.5 Å². The van der Waals surface area contributed by atoms with Crippen molar-refractivity contribution in [1.82, 2.24) is 14.7 Å². The number of para-hydroxylation sites is 2. The van der Waals surface area contributed by atoms with Crippen LogP contribution in [0.2, 0.25) is 0 Å². The maximum atomic E-state index is 12.8. The van der Waals surface area contributed by atoms with E-state index in [4.69, 9.17) is 9.47 Å². The molecule has 27 heavy (non-hydrogen) atoms. The topological polar surface area (TPSA) is 56.6 Å². The maximum Gasteiger partial charge on any atom is 0.278 e. The zero-order valence-electron chi connectivity index (χ0n) is 15.8. The van der Waals surface area contributed by atoms with Crippen molar-refractivity contribution in [3.63, 3.8) is 0 Å². The van der Waals surface area contributed by atoms with Gasteiger partial charge in [-0.3, -0.25) is 4.79 Å². The molecule has 0 radical (unpaired) electrons. The Morgan fingerprint density at radius 3 is 2.48 bits per heavy atom. The van der Waals surface area contributed by atoms with E-state index < -0.39 is 0 Å². The fourth-order valence-electron chi connectivity index (χ4n) is 2.66. The van der Waals surface area contributed by atoms with Gasteiger partial charge in [-0.25, -0.2) is 4.68 Å². The van der Waals surface area contributed by atoms with Gasteiger partial charge in [-0.15, -0.1) is 0 Å². The first-order valence-corrected chi connectivity index (χ1v) is 8.73. The highest BCUT2D eigenvalue weighted by Gasteiger charge is 2.21. The highest BCUT2D eigenvalue weighted by atomic mass is 16.5. The fourth-order valence-corrected chi connectivity index (χ4v) is 2.66. The van der Waals surface area contributed by atoms with Crippen LogP contribution in [-0.2, 0) is 0 Å². The SMILES string of the molecule is COc1cn(-c2ccccc2)nc1C(=O)N(C)CCOc1ccccc1C. The molecular weight excluding hydrogens is 342 g/mol. The number of amides is 1. The zero-order chi connectivity index (χ0) is 19.2. The van der Waals surface area contributed by atoms with Gasteiger partial charge in [0.25, 0.3) is 5.91 Å². The third-order valence-electron chi connectivity index (χ3n) is 4.25. The van der Waals surface area contributed by atoms with Crippen LogP contribution in [0.25, 0.3) is 5.69 Å². The molecule has 3 aromatic rings. The number of benzene rings is 2. The number of hydrogen-bond acceptors (Lipinski definition) is 4. The van der Waals surface area contributed by atoms with E-state index in [2.05, 4.69) is 5.10 Å². The molecule has 0 aliphatic heterocycles. The smallest absolute Gasteiger partial charge is 0.278 e. The van der Waals surface area contributed by atoms with Crippen LogP contribution in [0.4, 0.5) is 0 Å². The van der Waals surface area contributed by atoms with Crippen molar-refractivity contribution in [3.05, 3.63) is 72.1 Å². The fraction of sp³-hybridized carbons (Fsp3) is 0.238. The summed E-state index contributed by atoms with van der Waals surface area (Å²) in [5, 5.41) is 4.41. The number of carbonyl (C=O) groups is 1. The lowest BCUT2D eigenvalue weighted by molar-refractivity contribution is 0.0764. The second kappa shape index (κ2) is 8.40. The predicted molar refractivity (Wildman–Crippen MR) is 104 cm³/mol. The van der Waals surface area contributed by atoms with Crippen LogP contribution in [0.15, 0.2) is 60.8 Å². The third-order valence-corrected chi connectivity index (χ3v) is 4.25. The molecule has 1 aromatic heterocycles. The van der Waals surface area contributed by atoms with Crippen LogP contribution in [0.3, 0.4) is 0 Å². The molecule has 0 N–H and O–H groups in total. The Bertz CT molecular complexity index is 906. The minimum atomic E-state index is -0.213. The van der Waals surface area contributed by atoms with Crippen LogP contribution >= 0.6 is 0 Å². The second-order valence-electron chi connectivity index (χ2n) is 6.17. The summed E-state index contributed by atoms with van der Waals surface area (Å²) in [6.45, 7) is 2.83. The van der Waals surface area contributed by atoms with Gasteiger partial charge in [0.15, 0.2) is 11.4 Å². The molecular formula is C21H23N3O3. The van der Waals surface area contributed by atoms with Gasteiger partial charge in [-0.05, 0) is 30.7 Å². The molecule has 3 rings (SSSR count). The van der Waals surface area contributed by atoms with Gasteiger partial charge >= 0.3 is 0 Å². The standard InChI is InChI=1S/C21H23N3O3/c1-16-9-7-8-12-18(16)27-14-13-23(2)21(25)20-19(26-3)15-24(22-20)17-10-5-4-6-11-17/h4-12,15H,13-14H2,1-3H3. The highest BCUT2D eigenvalue weighted by Crippen LogP contribution is 2.21. The summed E-state index contributed by atoms with van der Waals surface area (Å²) in [4.78, 5) is 14.4. The van der Waals surface area contributed by atoms with E-state index in [1.807, 2.05) is 61.5 Å². The molecule has 1 amide bonds. The van der Waals surface area contributed by atoms with Gasteiger partial charge in [0.1, 0.15) is 12.4 Å². The molecule has 0 saturated carbocycles. The molecule has 0 aliphatic rings. The Kier molecular flexibility index (Phi) is 5.76. The molecule has 0 bridgehead atoms. The van der Waals surface area contributed by atoms with Crippen molar-refractivity contribution < 1.29 is 14.3 Å². The summed E-state index contributed by atoms with van der Waals surface area (Å²) in [5.74, 6) is 1.05. The number of nitrogens with zero attached hydrogens (tertiary/aromatic N) is 3. The Balaban J connectivity index is 1.67. The lowest BCUT2D eigenvalue weighted by Gasteiger charge is -2.17. The molecule has 6 nitrogen and oxygen atoms in total. The number of ether oxygens (including phenoxy) is 2. The van der Waals surface area contributed by atoms with E-state index in [1.165, 1.54) is 7.11 Å². The van der Waals surface area contributed by atoms with E-state index in [0.717, 1.165) is 17.0 Å². The third kappa shape index (κ3) is 4.28. The van der Waals surface area contributed by atoms with Crippen molar-refractivity contribution in [1.29, 1.82) is 0 Å². The Morgan fingerprint density at radius 1 is 1.07 bits per heavy atom. The average molecular weight is 365 g/mol. The van der Waals surface area contributed by atoms with E-state index in [0.29, 0.717) is 18.9 Å². The van der Waals surface area contributed by atoms with Gasteiger partial charge in [0, 0.05) is 7.05 Å². The molecule has 0 saturated heterocycles. The van der Waals surface area contributed by atoms with Gasteiger partial charge in [-0.1, -0.05) is 36.4 Å². The maximum absolute atomic E-state index is 12.8. The summed E-state index contributed by atoms with van der Waals surface area (Å²) in [7, 11) is 3.26. The molecule has 140 valence electrons. The van der Waals surface area contributed by atoms with E-state index in [1.54, 1.807) is 22.8 Å². The molecule has 2 aromatic carbocycles. The quantitative estimate of drug-likeness (QED) is 0.644. The summed E-state index contributed by atoms with van der Waals surface area (Å²) in [6.07, 6.45) is 1.71. The number of aryl methyl sites for hydroxylation is 1. The Morgan fingerprint density at radius 2 is 1.78 bits per heavy atom. The summed E-state index contributed by atoms with van der Waals surface area (Å²) >= 11 is 0. The van der Waals surface area contributed by atoms with Crippen molar-refractivity contribution in [3.8, 4) is 17.2 Å². The molecule has 0 atom stereocenters. The molecule has 6 heteroatoms. The number of rotatable bonds is 7. The lowest BCUT2D eigenvalue weighted by Crippen LogP contribution is -2.31. The number of methoxy groups -OCH3 is 1. The van der Waals surface area contributed by atoms with Crippen LogP contribution in [0, 0.1) is 6.92 Å². The number of likely N-dealkylation sites (N-methyl/N-ethyl adjacent to an activating group) is 1. The minimum absolute atomic E-state index is 0.213. The summed E-state index contributed by atoms with van der Waals surface area (Å²) in [5.41, 5.74) is 2.20. The molecule has 0 fully saturated rings. The Hall–Kier alpha value is -3.28. The zero-order valence-corrected chi connectivity index (χ0v) is 15.8. The second-order valence-corrected chi connectivity index (χ2v) is 6.17. The first-order valence-electron chi connectivity index (χ1n) is 8.73. The van der Waals surface area contributed by atoms with Crippen molar-refractivity contribution in [2.75, 3.05) is 27.3 Å². The number of aromatic nitrogens is 2. The van der Waals surface area contributed by atoms with E-state index in [9.17, 15) is 4.79 Å². The van der Waals surface area contributed by atoms with E-state index >= 15 is 0 Å². The largest absolute Gasteiger partial charge is 0.493 e. The molecule has 0 unspecified atom stereocenters. The predicted octanol–water partition coefficient (Wildman–Crippen LogP) is 3.34. The first kappa shape index (κ1) is 18.5. The van der Waals surface area contributed by atoms with Gasteiger partial charge in [-0.2, -0.15) is 5.10 Å². The highest BCUT2D eigenvalue weighted by molar-refractivity contribution is 5.94. The normalized spacial score (nSPS) is 10.5. The van der Waals surface area contributed by atoms with Crippen molar-refractivity contribution in [2.45, 2.75) is 6.92 Å². The van der Waals surface area contributed by atoms with E-state index in [-0.39, 0.29) is 11.6 Å². The number of hydrogen-bond donors (Lipinski definition) is 0. The van der Waals surface area contributed by atoms with Gasteiger partial charge < -0.3 is 14.4 Å². The summed E-state index contributed by atoms with van der Waals surface area (Å²) < 4.78 is 12.8. The molecule has 1 heterocycles. The Labute approximate surface area is 158 Å². The number of carbonyl (C=O) groups excluding carboxylic acids is 1. The average Bonchev–Trinajstić information content (AvgIpc) is 3.14. The van der Waals surface area contributed by atoms with Gasteiger partial charge in [0.05, 0.1) is 25.5 Å². The van der Waals surface area contributed by atoms with Crippen molar-refractivity contribution in [2.24, 2.45) is 0 Å². The molecule has 0 aliphatic carbocycles.